The molecule has 0 bridgehead atoms. The van der Waals surface area contributed by atoms with Crippen molar-refractivity contribution in [1.29, 1.82) is 0 Å². The first-order chi connectivity index (χ1) is 14.5. The van der Waals surface area contributed by atoms with Gasteiger partial charge in [-0.1, -0.05) is 30.3 Å². The molecule has 8 heteroatoms. The Bertz CT molecular complexity index is 1160. The number of thioether (sulfide) groups is 1. The highest BCUT2D eigenvalue weighted by Gasteiger charge is 2.36. The second-order valence-electron chi connectivity index (χ2n) is 6.78. The van der Waals surface area contributed by atoms with Gasteiger partial charge in [-0.15, -0.1) is 0 Å². The van der Waals surface area contributed by atoms with Gasteiger partial charge >= 0.3 is 0 Å². The van der Waals surface area contributed by atoms with Crippen LogP contribution in [0, 0.1) is 5.82 Å². The Hall–Kier alpha value is -3.39. The maximum Gasteiger partial charge on any atom is 0.294 e. The topological polar surface area (TPSA) is 82.3 Å². The number of imide groups is 1. The molecule has 0 aliphatic carbocycles. The molecule has 3 aromatic rings. The summed E-state index contributed by atoms with van der Waals surface area (Å²) < 4.78 is 13.5. The fraction of sp³-hybridized carbons (Fsp3) is 0.136. The van der Waals surface area contributed by atoms with Gasteiger partial charge in [0.25, 0.3) is 11.1 Å². The number of fused-ring (bicyclic) bond motifs is 1. The van der Waals surface area contributed by atoms with Crippen molar-refractivity contribution in [3.05, 3.63) is 76.6 Å². The van der Waals surface area contributed by atoms with E-state index < -0.39 is 17.1 Å². The Morgan fingerprint density at radius 1 is 1.17 bits per heavy atom. The van der Waals surface area contributed by atoms with E-state index in [0.717, 1.165) is 38.7 Å². The predicted molar refractivity (Wildman–Crippen MR) is 114 cm³/mol. The van der Waals surface area contributed by atoms with Crippen molar-refractivity contribution in [1.82, 2.24) is 15.2 Å². The van der Waals surface area contributed by atoms with Gasteiger partial charge in [0.15, 0.2) is 0 Å². The van der Waals surface area contributed by atoms with Gasteiger partial charge in [0.2, 0.25) is 5.91 Å². The summed E-state index contributed by atoms with van der Waals surface area (Å²) in [5.41, 5.74) is 2.50. The summed E-state index contributed by atoms with van der Waals surface area (Å²) in [6.07, 6.45) is 3.91. The summed E-state index contributed by atoms with van der Waals surface area (Å²) >= 11 is 0.822. The smallest absolute Gasteiger partial charge is 0.294 e. The maximum atomic E-state index is 13.5. The molecule has 6 nitrogen and oxygen atoms in total. The standard InChI is InChI=1S/C22H18FN3O3S/c23-16-6-7-18-17(11-16)15(12-25-18)8-9-24-20(27)13-26-21(28)19(30-22(26)29)10-14-4-2-1-3-5-14/h1-7,10-12,25H,8-9,13H2,(H,24,27)/b19-10-. The van der Waals surface area contributed by atoms with Gasteiger partial charge < -0.3 is 10.3 Å². The van der Waals surface area contributed by atoms with Gasteiger partial charge in [-0.25, -0.2) is 4.39 Å². The van der Waals surface area contributed by atoms with Crippen LogP contribution < -0.4 is 5.32 Å². The number of amides is 3. The van der Waals surface area contributed by atoms with Crippen LogP contribution in [0.5, 0.6) is 0 Å². The zero-order chi connectivity index (χ0) is 21.1. The van der Waals surface area contributed by atoms with Gasteiger partial charge in [-0.2, -0.15) is 0 Å². The van der Waals surface area contributed by atoms with Crippen LogP contribution in [0.4, 0.5) is 9.18 Å². The fourth-order valence-electron chi connectivity index (χ4n) is 3.23. The molecule has 30 heavy (non-hydrogen) atoms. The van der Waals surface area contributed by atoms with Crippen LogP contribution >= 0.6 is 11.8 Å². The Morgan fingerprint density at radius 3 is 2.77 bits per heavy atom. The number of carbonyl (C=O) groups is 3. The number of H-pyrrole nitrogens is 1. The molecule has 2 heterocycles. The van der Waals surface area contributed by atoms with Crippen molar-refractivity contribution in [2.24, 2.45) is 0 Å². The number of rotatable bonds is 6. The lowest BCUT2D eigenvalue weighted by Gasteiger charge is -2.12. The van der Waals surface area contributed by atoms with Crippen LogP contribution in [0.25, 0.3) is 17.0 Å². The first kappa shape index (κ1) is 19.9. The van der Waals surface area contributed by atoms with Gasteiger partial charge in [-0.05, 0) is 53.6 Å². The number of carbonyl (C=O) groups excluding carboxylic acids is 3. The van der Waals surface area contributed by atoms with Crippen LogP contribution in [0.3, 0.4) is 0 Å². The summed E-state index contributed by atoms with van der Waals surface area (Å²) in [7, 11) is 0. The van der Waals surface area contributed by atoms with E-state index in [9.17, 15) is 18.8 Å². The molecule has 1 saturated heterocycles. The number of aromatic nitrogens is 1. The van der Waals surface area contributed by atoms with Gasteiger partial charge in [0.05, 0.1) is 4.91 Å². The van der Waals surface area contributed by atoms with Crippen LogP contribution in [-0.4, -0.2) is 40.0 Å². The van der Waals surface area contributed by atoms with Crippen LogP contribution in [0.2, 0.25) is 0 Å². The third-order valence-corrected chi connectivity index (χ3v) is 5.63. The summed E-state index contributed by atoms with van der Waals surface area (Å²) in [6.45, 7) is -0.0301. The summed E-state index contributed by atoms with van der Waals surface area (Å²) in [5.74, 6) is -1.23. The molecular formula is C22H18FN3O3S. The van der Waals surface area contributed by atoms with Crippen LogP contribution in [0.15, 0.2) is 59.6 Å². The van der Waals surface area contributed by atoms with Crippen molar-refractivity contribution < 1.29 is 18.8 Å². The van der Waals surface area contributed by atoms with Crippen molar-refractivity contribution in [3.8, 4) is 0 Å². The number of hydrogen-bond donors (Lipinski definition) is 2. The lowest BCUT2D eigenvalue weighted by molar-refractivity contribution is -0.129. The Kier molecular flexibility index (Phi) is 5.67. The number of hydrogen-bond acceptors (Lipinski definition) is 4. The number of nitrogens with one attached hydrogen (secondary N) is 2. The Labute approximate surface area is 176 Å². The van der Waals surface area contributed by atoms with Crippen molar-refractivity contribution in [3.63, 3.8) is 0 Å². The molecule has 152 valence electrons. The highest BCUT2D eigenvalue weighted by Crippen LogP contribution is 2.31. The second kappa shape index (κ2) is 8.54. The average molecular weight is 423 g/mol. The maximum absolute atomic E-state index is 13.5. The molecule has 1 aliphatic heterocycles. The fourth-order valence-corrected chi connectivity index (χ4v) is 4.07. The molecule has 4 rings (SSSR count). The van der Waals surface area contributed by atoms with E-state index in [-0.39, 0.29) is 12.4 Å². The minimum atomic E-state index is -0.476. The SMILES string of the molecule is O=C(CN1C(=O)S/C(=C\c2ccccc2)C1=O)NCCc1c[nH]c2ccc(F)cc12. The number of nitrogens with zero attached hydrogens (tertiary/aromatic N) is 1. The van der Waals surface area contributed by atoms with E-state index in [0.29, 0.717) is 17.9 Å². The van der Waals surface area contributed by atoms with Gasteiger partial charge in [0.1, 0.15) is 12.4 Å². The van der Waals surface area contributed by atoms with E-state index in [1.165, 1.54) is 12.1 Å². The van der Waals surface area contributed by atoms with Crippen molar-refractivity contribution in [2.75, 3.05) is 13.1 Å². The van der Waals surface area contributed by atoms with E-state index in [2.05, 4.69) is 10.3 Å². The monoisotopic (exact) mass is 423 g/mol. The first-order valence-corrected chi connectivity index (χ1v) is 10.2. The van der Waals surface area contributed by atoms with Crippen molar-refractivity contribution in [2.45, 2.75) is 6.42 Å². The zero-order valence-electron chi connectivity index (χ0n) is 15.9. The molecular weight excluding hydrogens is 405 g/mol. The van der Waals surface area contributed by atoms with E-state index >= 15 is 0 Å². The number of aromatic amines is 1. The minimum Gasteiger partial charge on any atom is -0.361 e. The molecule has 0 unspecified atom stereocenters. The molecule has 1 fully saturated rings. The molecule has 1 aliphatic rings. The lowest BCUT2D eigenvalue weighted by Crippen LogP contribution is -2.40. The molecule has 0 atom stereocenters. The molecule has 0 spiro atoms. The van der Waals surface area contributed by atoms with E-state index in [1.54, 1.807) is 18.3 Å². The molecule has 0 radical (unpaired) electrons. The Morgan fingerprint density at radius 2 is 1.97 bits per heavy atom. The van der Waals surface area contributed by atoms with Gasteiger partial charge in [-0.3, -0.25) is 19.3 Å². The summed E-state index contributed by atoms with van der Waals surface area (Å²) in [5, 5.41) is 3.01. The third-order valence-electron chi connectivity index (χ3n) is 4.72. The highest BCUT2D eigenvalue weighted by molar-refractivity contribution is 8.18. The predicted octanol–water partition coefficient (Wildman–Crippen LogP) is 3.70. The molecule has 3 amide bonds. The van der Waals surface area contributed by atoms with E-state index in [4.69, 9.17) is 0 Å². The highest BCUT2D eigenvalue weighted by atomic mass is 32.2. The molecule has 2 aromatic carbocycles. The van der Waals surface area contributed by atoms with E-state index in [1.807, 2.05) is 30.3 Å². The minimum absolute atomic E-state index is 0.291. The quantitative estimate of drug-likeness (QED) is 0.593. The Balaban J connectivity index is 1.33. The molecule has 1 aromatic heterocycles. The normalized spacial score (nSPS) is 15.4. The first-order valence-electron chi connectivity index (χ1n) is 9.34. The molecule has 0 saturated carbocycles. The van der Waals surface area contributed by atoms with Crippen LogP contribution in [0.1, 0.15) is 11.1 Å². The number of benzene rings is 2. The zero-order valence-corrected chi connectivity index (χ0v) is 16.7. The lowest BCUT2D eigenvalue weighted by atomic mass is 10.1. The van der Waals surface area contributed by atoms with Crippen LogP contribution in [-0.2, 0) is 16.0 Å². The van der Waals surface area contributed by atoms with Gasteiger partial charge in [0, 0.05) is 23.6 Å². The summed E-state index contributed by atoms with van der Waals surface area (Å²) in [6, 6.07) is 13.7. The number of halogens is 1. The largest absolute Gasteiger partial charge is 0.361 e. The third kappa shape index (κ3) is 4.28. The average Bonchev–Trinajstić information content (AvgIpc) is 3.24. The second-order valence-corrected chi connectivity index (χ2v) is 7.78. The summed E-state index contributed by atoms with van der Waals surface area (Å²) in [4.78, 5) is 41.2. The van der Waals surface area contributed by atoms with Crippen molar-refractivity contribution >= 4 is 45.8 Å². The molecule has 2 N–H and O–H groups in total.